The monoisotopic (exact) mass is 303 g/mol. The first-order valence-electron chi connectivity index (χ1n) is 5.70. The van der Waals surface area contributed by atoms with Crippen LogP contribution in [0.25, 0.3) is 0 Å². The SMILES string of the molecule is CCc1ccc(C(=O)NCCCCCBr)s1. The molecule has 1 heterocycles. The summed E-state index contributed by atoms with van der Waals surface area (Å²) < 4.78 is 0. The third-order valence-electron chi connectivity index (χ3n) is 2.33. The lowest BCUT2D eigenvalue weighted by Gasteiger charge is -2.02. The van der Waals surface area contributed by atoms with Gasteiger partial charge in [0.25, 0.3) is 5.91 Å². The van der Waals surface area contributed by atoms with Gasteiger partial charge in [-0.05, 0) is 31.4 Å². The molecule has 90 valence electrons. The lowest BCUT2D eigenvalue weighted by Crippen LogP contribution is -2.23. The van der Waals surface area contributed by atoms with E-state index >= 15 is 0 Å². The molecule has 0 spiro atoms. The number of hydrogen-bond donors (Lipinski definition) is 1. The fraction of sp³-hybridized carbons (Fsp3) is 0.583. The molecule has 0 atom stereocenters. The highest BCUT2D eigenvalue weighted by Crippen LogP contribution is 2.16. The van der Waals surface area contributed by atoms with Gasteiger partial charge in [0, 0.05) is 16.8 Å². The highest BCUT2D eigenvalue weighted by Gasteiger charge is 2.07. The van der Waals surface area contributed by atoms with Crippen LogP contribution in [-0.2, 0) is 6.42 Å². The van der Waals surface area contributed by atoms with E-state index in [1.54, 1.807) is 11.3 Å². The average molecular weight is 304 g/mol. The van der Waals surface area contributed by atoms with Crippen molar-refractivity contribution in [2.75, 3.05) is 11.9 Å². The van der Waals surface area contributed by atoms with E-state index in [1.165, 1.54) is 11.3 Å². The highest BCUT2D eigenvalue weighted by atomic mass is 79.9. The number of alkyl halides is 1. The van der Waals surface area contributed by atoms with Gasteiger partial charge in [-0.15, -0.1) is 11.3 Å². The Morgan fingerprint density at radius 2 is 2.19 bits per heavy atom. The predicted molar refractivity (Wildman–Crippen MR) is 73.7 cm³/mol. The number of amides is 1. The van der Waals surface area contributed by atoms with Gasteiger partial charge >= 0.3 is 0 Å². The Labute approximate surface area is 110 Å². The molecular weight excluding hydrogens is 286 g/mol. The molecule has 0 fully saturated rings. The molecule has 2 nitrogen and oxygen atoms in total. The minimum Gasteiger partial charge on any atom is -0.351 e. The first-order chi connectivity index (χ1) is 7.77. The number of aryl methyl sites for hydroxylation is 1. The van der Waals surface area contributed by atoms with E-state index in [-0.39, 0.29) is 5.91 Å². The molecule has 0 aliphatic rings. The summed E-state index contributed by atoms with van der Waals surface area (Å²) in [4.78, 5) is 13.8. The molecule has 0 aromatic carbocycles. The summed E-state index contributed by atoms with van der Waals surface area (Å²) in [7, 11) is 0. The van der Waals surface area contributed by atoms with Crippen molar-refractivity contribution in [3.8, 4) is 0 Å². The zero-order valence-electron chi connectivity index (χ0n) is 9.59. The second-order valence-electron chi connectivity index (χ2n) is 3.63. The van der Waals surface area contributed by atoms with Crippen molar-refractivity contribution >= 4 is 33.2 Å². The molecular formula is C12H18BrNOS. The summed E-state index contributed by atoms with van der Waals surface area (Å²) in [6.45, 7) is 2.89. The number of thiophene rings is 1. The van der Waals surface area contributed by atoms with E-state index in [4.69, 9.17) is 0 Å². The molecule has 1 aromatic rings. The van der Waals surface area contributed by atoms with Gasteiger partial charge in [-0.3, -0.25) is 4.79 Å². The maximum atomic E-state index is 11.7. The molecule has 1 aromatic heterocycles. The Morgan fingerprint density at radius 1 is 1.38 bits per heavy atom. The van der Waals surface area contributed by atoms with Crippen LogP contribution in [0.15, 0.2) is 12.1 Å². The summed E-state index contributed by atoms with van der Waals surface area (Å²) in [5.41, 5.74) is 0. The van der Waals surface area contributed by atoms with Crippen LogP contribution in [0.3, 0.4) is 0 Å². The van der Waals surface area contributed by atoms with Gasteiger partial charge in [0.05, 0.1) is 4.88 Å². The third-order valence-corrected chi connectivity index (χ3v) is 4.12. The molecule has 1 amide bonds. The van der Waals surface area contributed by atoms with Crippen LogP contribution in [0.5, 0.6) is 0 Å². The average Bonchev–Trinajstić information content (AvgIpc) is 2.77. The van der Waals surface area contributed by atoms with Gasteiger partial charge in [-0.2, -0.15) is 0 Å². The first kappa shape index (κ1) is 13.7. The Bertz CT molecular complexity index is 325. The minimum atomic E-state index is 0.0727. The molecule has 1 rings (SSSR count). The maximum Gasteiger partial charge on any atom is 0.261 e. The zero-order chi connectivity index (χ0) is 11.8. The van der Waals surface area contributed by atoms with Gasteiger partial charge in [0.15, 0.2) is 0 Å². The van der Waals surface area contributed by atoms with Gasteiger partial charge in [0.2, 0.25) is 0 Å². The summed E-state index contributed by atoms with van der Waals surface area (Å²) in [6.07, 6.45) is 4.40. The summed E-state index contributed by atoms with van der Waals surface area (Å²) in [5.74, 6) is 0.0727. The van der Waals surface area contributed by atoms with Crippen molar-refractivity contribution in [1.82, 2.24) is 5.32 Å². The summed E-state index contributed by atoms with van der Waals surface area (Å²) in [5, 5.41) is 4.00. The first-order valence-corrected chi connectivity index (χ1v) is 7.64. The van der Waals surface area contributed by atoms with Gasteiger partial charge in [-0.25, -0.2) is 0 Å². The number of halogens is 1. The molecule has 4 heteroatoms. The molecule has 0 unspecified atom stereocenters. The zero-order valence-corrected chi connectivity index (χ0v) is 12.0. The second-order valence-corrected chi connectivity index (χ2v) is 5.59. The van der Waals surface area contributed by atoms with Gasteiger partial charge in [-0.1, -0.05) is 29.3 Å². The Hall–Kier alpha value is -0.350. The largest absolute Gasteiger partial charge is 0.351 e. The van der Waals surface area contributed by atoms with Crippen LogP contribution < -0.4 is 5.32 Å². The van der Waals surface area contributed by atoms with E-state index in [2.05, 4.69) is 28.2 Å². The highest BCUT2D eigenvalue weighted by molar-refractivity contribution is 9.09. The summed E-state index contributed by atoms with van der Waals surface area (Å²) in [6, 6.07) is 3.95. The quantitative estimate of drug-likeness (QED) is 0.605. The number of nitrogens with one attached hydrogen (secondary N) is 1. The second kappa shape index (κ2) is 7.85. The van der Waals surface area contributed by atoms with Crippen molar-refractivity contribution in [2.45, 2.75) is 32.6 Å². The number of rotatable bonds is 7. The fourth-order valence-corrected chi connectivity index (χ4v) is 2.64. The molecule has 0 aliphatic heterocycles. The Morgan fingerprint density at radius 3 is 2.81 bits per heavy atom. The van der Waals surface area contributed by atoms with E-state index < -0.39 is 0 Å². The number of hydrogen-bond acceptors (Lipinski definition) is 2. The van der Waals surface area contributed by atoms with Gasteiger partial charge < -0.3 is 5.32 Å². The molecule has 1 N–H and O–H groups in total. The molecule has 16 heavy (non-hydrogen) atoms. The summed E-state index contributed by atoms with van der Waals surface area (Å²) >= 11 is 4.98. The van der Waals surface area contributed by atoms with Gasteiger partial charge in [0.1, 0.15) is 0 Å². The van der Waals surface area contributed by atoms with Crippen LogP contribution in [0, 0.1) is 0 Å². The fourth-order valence-electron chi connectivity index (χ4n) is 1.38. The van der Waals surface area contributed by atoms with Crippen molar-refractivity contribution in [3.63, 3.8) is 0 Å². The molecule has 0 saturated carbocycles. The normalized spacial score (nSPS) is 10.4. The van der Waals surface area contributed by atoms with Crippen molar-refractivity contribution in [1.29, 1.82) is 0 Å². The standard InChI is InChI=1S/C12H18BrNOS/c1-2-10-6-7-11(16-10)12(15)14-9-5-3-4-8-13/h6-7H,2-5,8-9H2,1H3,(H,14,15). The molecule has 0 bridgehead atoms. The minimum absolute atomic E-state index is 0.0727. The topological polar surface area (TPSA) is 29.1 Å². The lowest BCUT2D eigenvalue weighted by molar-refractivity contribution is 0.0957. The van der Waals surface area contributed by atoms with E-state index in [0.717, 1.165) is 36.0 Å². The van der Waals surface area contributed by atoms with Crippen molar-refractivity contribution in [2.24, 2.45) is 0 Å². The van der Waals surface area contributed by atoms with Crippen LogP contribution in [0.4, 0.5) is 0 Å². The van der Waals surface area contributed by atoms with Crippen LogP contribution in [0.2, 0.25) is 0 Å². The van der Waals surface area contributed by atoms with Crippen molar-refractivity contribution < 1.29 is 4.79 Å². The van der Waals surface area contributed by atoms with E-state index in [9.17, 15) is 4.79 Å². The van der Waals surface area contributed by atoms with Crippen LogP contribution in [0.1, 0.15) is 40.7 Å². The Kier molecular flexibility index (Phi) is 6.73. The molecule has 0 aliphatic carbocycles. The maximum absolute atomic E-state index is 11.7. The third kappa shape index (κ3) is 4.66. The van der Waals surface area contributed by atoms with Crippen molar-refractivity contribution in [3.05, 3.63) is 21.9 Å². The lowest BCUT2D eigenvalue weighted by atomic mass is 10.2. The van der Waals surface area contributed by atoms with E-state index in [1.807, 2.05) is 12.1 Å². The van der Waals surface area contributed by atoms with Crippen LogP contribution >= 0.6 is 27.3 Å². The Balaban J connectivity index is 2.24. The number of unbranched alkanes of at least 4 members (excludes halogenated alkanes) is 2. The van der Waals surface area contributed by atoms with Crippen LogP contribution in [-0.4, -0.2) is 17.8 Å². The number of carbonyl (C=O) groups excluding carboxylic acids is 1. The van der Waals surface area contributed by atoms with E-state index in [0.29, 0.717) is 0 Å². The number of carbonyl (C=O) groups is 1. The molecule has 0 radical (unpaired) electrons. The molecule has 0 saturated heterocycles. The predicted octanol–water partition coefficient (Wildman–Crippen LogP) is 3.61. The smallest absolute Gasteiger partial charge is 0.261 e.